The molecule has 1 amide bonds. The average molecular weight is 361 g/mol. The second-order valence-electron chi connectivity index (χ2n) is 5.64. The number of nitro groups is 1. The van der Waals surface area contributed by atoms with Crippen LogP contribution in [0.1, 0.15) is 31.9 Å². The van der Waals surface area contributed by atoms with Crippen LogP contribution < -0.4 is 4.90 Å². The first-order valence-corrected chi connectivity index (χ1v) is 7.96. The Hall–Kier alpha value is -2.73. The molecule has 6 nitrogen and oxygen atoms in total. The Morgan fingerprint density at radius 3 is 2.08 bits per heavy atom. The number of carbonyl (C=O) groups excluding carboxylic acids is 2. The molecule has 0 aliphatic carbocycles. The summed E-state index contributed by atoms with van der Waals surface area (Å²) in [6.07, 6.45) is 0.123. The lowest BCUT2D eigenvalue weighted by atomic mass is 9.99. The molecule has 0 bridgehead atoms. The van der Waals surface area contributed by atoms with Crippen molar-refractivity contribution in [1.82, 2.24) is 0 Å². The Balaban J connectivity index is 2.48. The van der Waals surface area contributed by atoms with Crippen LogP contribution in [0.25, 0.3) is 0 Å². The van der Waals surface area contributed by atoms with Crippen LogP contribution in [0.15, 0.2) is 48.5 Å². The summed E-state index contributed by atoms with van der Waals surface area (Å²) < 4.78 is 0. The van der Waals surface area contributed by atoms with E-state index in [0.29, 0.717) is 10.7 Å². The molecule has 0 aliphatic rings. The van der Waals surface area contributed by atoms with Gasteiger partial charge in [0, 0.05) is 36.2 Å². The first-order chi connectivity index (χ1) is 11.8. The molecule has 0 fully saturated rings. The standard InChI is InChI=1S/C18H17ClN2O4/c1-12(22)11-18(14-3-5-15(19)6-4-14)20(13(2)23)16-7-9-17(10-8-16)21(24)25/h3-10,18H,11H2,1-2H3. The minimum atomic E-state index is -0.520. The molecule has 2 aromatic carbocycles. The van der Waals surface area contributed by atoms with Crippen molar-refractivity contribution in [2.45, 2.75) is 26.3 Å². The monoisotopic (exact) mass is 360 g/mol. The summed E-state index contributed by atoms with van der Waals surface area (Å²) in [5.74, 6) is -0.344. The summed E-state index contributed by atoms with van der Waals surface area (Å²) in [6, 6.07) is 12.1. The van der Waals surface area contributed by atoms with Gasteiger partial charge in [-0.15, -0.1) is 0 Å². The third kappa shape index (κ3) is 4.64. The van der Waals surface area contributed by atoms with E-state index in [-0.39, 0.29) is 23.8 Å². The maximum atomic E-state index is 12.3. The summed E-state index contributed by atoms with van der Waals surface area (Å²) in [7, 11) is 0. The first kappa shape index (κ1) is 18.6. The summed E-state index contributed by atoms with van der Waals surface area (Å²) in [5, 5.41) is 11.4. The maximum absolute atomic E-state index is 12.3. The number of nitro benzene ring substituents is 1. The molecule has 1 atom stereocenters. The number of anilines is 1. The first-order valence-electron chi connectivity index (χ1n) is 7.58. The highest BCUT2D eigenvalue weighted by Crippen LogP contribution is 2.32. The van der Waals surface area contributed by atoms with Crippen LogP contribution in [-0.2, 0) is 9.59 Å². The van der Waals surface area contributed by atoms with E-state index in [2.05, 4.69) is 0 Å². The van der Waals surface area contributed by atoms with Crippen LogP contribution in [0.5, 0.6) is 0 Å². The highest BCUT2D eigenvalue weighted by Gasteiger charge is 2.26. The molecule has 1 unspecified atom stereocenters. The van der Waals surface area contributed by atoms with E-state index < -0.39 is 11.0 Å². The lowest BCUT2D eigenvalue weighted by molar-refractivity contribution is -0.384. The number of Topliss-reactive ketones (excluding diaryl/α,β-unsaturated/α-hetero) is 1. The van der Waals surface area contributed by atoms with Crippen molar-refractivity contribution in [2.24, 2.45) is 0 Å². The molecule has 0 radical (unpaired) electrons. The number of ketones is 1. The number of hydrogen-bond donors (Lipinski definition) is 0. The molecular formula is C18H17ClN2O4. The molecule has 2 rings (SSSR count). The zero-order valence-corrected chi connectivity index (χ0v) is 14.6. The van der Waals surface area contributed by atoms with Crippen LogP contribution in [-0.4, -0.2) is 16.6 Å². The van der Waals surface area contributed by atoms with Gasteiger partial charge in [-0.25, -0.2) is 0 Å². The van der Waals surface area contributed by atoms with Gasteiger partial charge >= 0.3 is 0 Å². The maximum Gasteiger partial charge on any atom is 0.269 e. The van der Waals surface area contributed by atoms with E-state index in [9.17, 15) is 19.7 Å². The zero-order chi connectivity index (χ0) is 18.6. The lowest BCUT2D eigenvalue weighted by Gasteiger charge is -2.31. The Kier molecular flexibility index (Phi) is 5.88. The smallest absolute Gasteiger partial charge is 0.269 e. The van der Waals surface area contributed by atoms with E-state index in [4.69, 9.17) is 11.6 Å². The third-order valence-electron chi connectivity index (χ3n) is 3.73. The summed E-state index contributed by atoms with van der Waals surface area (Å²) in [6.45, 7) is 2.85. The van der Waals surface area contributed by atoms with Crippen molar-refractivity contribution in [1.29, 1.82) is 0 Å². The van der Waals surface area contributed by atoms with Crippen LogP contribution in [0.4, 0.5) is 11.4 Å². The number of benzene rings is 2. The van der Waals surface area contributed by atoms with Gasteiger partial charge < -0.3 is 4.90 Å². The molecule has 0 saturated carbocycles. The number of non-ortho nitro benzene ring substituents is 1. The summed E-state index contributed by atoms with van der Waals surface area (Å²) >= 11 is 5.92. The molecule has 7 heteroatoms. The van der Waals surface area contributed by atoms with Crippen molar-refractivity contribution in [2.75, 3.05) is 4.90 Å². The predicted molar refractivity (Wildman–Crippen MR) is 95.7 cm³/mol. The number of hydrogen-bond acceptors (Lipinski definition) is 4. The van der Waals surface area contributed by atoms with Crippen LogP contribution >= 0.6 is 11.6 Å². The van der Waals surface area contributed by atoms with Gasteiger partial charge in [-0.2, -0.15) is 0 Å². The molecule has 0 N–H and O–H groups in total. The average Bonchev–Trinajstić information content (AvgIpc) is 2.55. The normalized spacial score (nSPS) is 11.6. The molecule has 2 aromatic rings. The molecule has 25 heavy (non-hydrogen) atoms. The lowest BCUT2D eigenvalue weighted by Crippen LogP contribution is -2.34. The fourth-order valence-corrected chi connectivity index (χ4v) is 2.76. The third-order valence-corrected chi connectivity index (χ3v) is 3.98. The van der Waals surface area contributed by atoms with Gasteiger partial charge in [-0.1, -0.05) is 23.7 Å². The molecule has 0 aromatic heterocycles. The molecule has 0 heterocycles. The summed E-state index contributed by atoms with van der Waals surface area (Å²) in [4.78, 5) is 35.8. The van der Waals surface area contributed by atoms with Crippen LogP contribution in [0.2, 0.25) is 5.02 Å². The van der Waals surface area contributed by atoms with Gasteiger partial charge in [-0.3, -0.25) is 19.7 Å². The number of nitrogens with zero attached hydrogens (tertiary/aromatic N) is 2. The number of carbonyl (C=O) groups is 2. The number of halogens is 1. The zero-order valence-electron chi connectivity index (χ0n) is 13.8. The molecular weight excluding hydrogens is 344 g/mol. The summed E-state index contributed by atoms with van der Waals surface area (Å²) in [5.41, 5.74) is 1.18. The van der Waals surface area contributed by atoms with Gasteiger partial charge in [0.25, 0.3) is 5.69 Å². The molecule has 130 valence electrons. The highest BCUT2D eigenvalue weighted by atomic mass is 35.5. The van der Waals surface area contributed by atoms with Crippen molar-refractivity contribution >= 4 is 34.7 Å². The van der Waals surface area contributed by atoms with E-state index in [1.165, 1.54) is 43.0 Å². The quantitative estimate of drug-likeness (QED) is 0.567. The van der Waals surface area contributed by atoms with Crippen molar-refractivity contribution in [3.8, 4) is 0 Å². The SMILES string of the molecule is CC(=O)CC(c1ccc(Cl)cc1)N(C(C)=O)c1ccc([N+](=O)[O-])cc1. The predicted octanol–water partition coefficient (Wildman–Crippen LogP) is 4.32. The Morgan fingerprint density at radius 1 is 1.08 bits per heavy atom. The van der Waals surface area contributed by atoms with E-state index in [0.717, 1.165) is 5.56 Å². The van der Waals surface area contributed by atoms with Crippen molar-refractivity contribution in [3.63, 3.8) is 0 Å². The van der Waals surface area contributed by atoms with Crippen LogP contribution in [0, 0.1) is 10.1 Å². The van der Waals surface area contributed by atoms with E-state index >= 15 is 0 Å². The number of amides is 1. The number of rotatable bonds is 6. The van der Waals surface area contributed by atoms with Gasteiger partial charge in [0.15, 0.2) is 0 Å². The molecule has 0 spiro atoms. The Labute approximate surface area is 150 Å². The second-order valence-corrected chi connectivity index (χ2v) is 6.07. The minimum Gasteiger partial charge on any atom is -0.305 e. The van der Waals surface area contributed by atoms with Crippen LogP contribution in [0.3, 0.4) is 0 Å². The fraction of sp³-hybridized carbons (Fsp3) is 0.222. The van der Waals surface area contributed by atoms with Crippen molar-refractivity contribution < 1.29 is 14.5 Å². The van der Waals surface area contributed by atoms with E-state index in [1.807, 2.05) is 0 Å². The van der Waals surface area contributed by atoms with E-state index in [1.54, 1.807) is 24.3 Å². The Bertz CT molecular complexity index is 788. The largest absolute Gasteiger partial charge is 0.305 e. The minimum absolute atomic E-state index is 0.0677. The van der Waals surface area contributed by atoms with Gasteiger partial charge in [0.1, 0.15) is 5.78 Å². The van der Waals surface area contributed by atoms with Gasteiger partial charge in [-0.05, 0) is 36.8 Å². The Morgan fingerprint density at radius 2 is 1.64 bits per heavy atom. The van der Waals surface area contributed by atoms with Gasteiger partial charge in [0.05, 0.1) is 11.0 Å². The topological polar surface area (TPSA) is 80.5 Å². The second kappa shape index (κ2) is 7.90. The molecule has 0 saturated heterocycles. The van der Waals surface area contributed by atoms with Crippen molar-refractivity contribution in [3.05, 3.63) is 69.2 Å². The molecule has 0 aliphatic heterocycles. The highest BCUT2D eigenvalue weighted by molar-refractivity contribution is 6.30. The van der Waals surface area contributed by atoms with Gasteiger partial charge in [0.2, 0.25) is 5.91 Å². The fourth-order valence-electron chi connectivity index (χ4n) is 2.63.